The van der Waals surface area contributed by atoms with Crippen LogP contribution in [-0.4, -0.2) is 56.8 Å². The van der Waals surface area contributed by atoms with Crippen molar-refractivity contribution in [2.24, 2.45) is 0 Å². The van der Waals surface area contributed by atoms with Gasteiger partial charge in [-0.2, -0.15) is 0 Å². The van der Waals surface area contributed by atoms with Crippen LogP contribution < -0.4 is 29.7 Å². The van der Waals surface area contributed by atoms with Crippen molar-refractivity contribution in [3.8, 4) is 23.0 Å². The lowest BCUT2D eigenvalue weighted by Crippen LogP contribution is -2.32. The van der Waals surface area contributed by atoms with Gasteiger partial charge in [-0.3, -0.25) is 14.5 Å². The highest BCUT2D eigenvalue weighted by atomic mass is 19.1. The second kappa shape index (κ2) is 13.5. The third-order valence-electron chi connectivity index (χ3n) is 8.39. The lowest BCUT2D eigenvalue weighted by molar-refractivity contribution is -0.115. The van der Waals surface area contributed by atoms with Crippen molar-refractivity contribution in [2.45, 2.75) is 25.8 Å². The van der Waals surface area contributed by atoms with Gasteiger partial charge >= 0.3 is 0 Å². The van der Waals surface area contributed by atoms with Crippen molar-refractivity contribution in [1.29, 1.82) is 0 Å². The molecule has 10 heteroatoms. The van der Waals surface area contributed by atoms with Crippen molar-refractivity contribution >= 4 is 33.4 Å². The number of hydrogen-bond acceptors (Lipinski definition) is 7. The minimum absolute atomic E-state index is 0.0318. The number of pyridine rings is 1. The molecule has 0 unspecified atom stereocenters. The van der Waals surface area contributed by atoms with E-state index < -0.39 is 5.82 Å². The summed E-state index contributed by atoms with van der Waals surface area (Å²) in [4.78, 5) is 31.6. The van der Waals surface area contributed by atoms with Crippen molar-refractivity contribution in [3.05, 3.63) is 99.5 Å². The second-order valence-corrected chi connectivity index (χ2v) is 11.2. The first-order valence-corrected chi connectivity index (χ1v) is 15.2. The zero-order chi connectivity index (χ0) is 32.2. The molecule has 2 heterocycles. The van der Waals surface area contributed by atoms with Gasteiger partial charge in [0.15, 0.2) is 16.9 Å². The first kappa shape index (κ1) is 30.9. The number of amides is 1. The maximum Gasteiger partial charge on any atom is 0.228 e. The first-order valence-electron chi connectivity index (χ1n) is 15.2. The van der Waals surface area contributed by atoms with Crippen molar-refractivity contribution in [2.75, 3.05) is 46.3 Å². The number of carbonyl (C=O) groups is 1. The molecule has 238 valence electrons. The maximum atomic E-state index is 14.5. The monoisotopic (exact) mass is 625 g/mol. The Hall–Kier alpha value is -5.09. The van der Waals surface area contributed by atoms with Gasteiger partial charge < -0.3 is 29.2 Å². The number of benzene rings is 4. The van der Waals surface area contributed by atoms with E-state index in [0.717, 1.165) is 44.0 Å². The van der Waals surface area contributed by atoms with E-state index in [2.05, 4.69) is 27.3 Å². The number of para-hydroxylation sites is 2. The predicted molar refractivity (Wildman–Crippen MR) is 176 cm³/mol. The lowest BCUT2D eigenvalue weighted by atomic mass is 9.98. The fourth-order valence-corrected chi connectivity index (χ4v) is 6.04. The molecule has 4 aromatic carbocycles. The van der Waals surface area contributed by atoms with Crippen LogP contribution in [0.25, 0.3) is 21.8 Å². The fraction of sp³-hybridized carbons (Fsp3) is 0.278. The predicted octanol–water partition coefficient (Wildman–Crippen LogP) is 5.85. The number of halogens is 1. The van der Waals surface area contributed by atoms with Crippen LogP contribution in [0.15, 0.2) is 71.5 Å². The number of aromatic amines is 1. The fourth-order valence-electron chi connectivity index (χ4n) is 6.04. The van der Waals surface area contributed by atoms with Gasteiger partial charge in [0.1, 0.15) is 17.3 Å². The molecule has 5 aromatic rings. The van der Waals surface area contributed by atoms with Gasteiger partial charge in [-0.25, -0.2) is 4.39 Å². The normalized spacial score (nSPS) is 13.0. The second-order valence-electron chi connectivity index (χ2n) is 11.2. The number of rotatable bonds is 11. The molecule has 1 amide bonds. The summed E-state index contributed by atoms with van der Waals surface area (Å²) in [5.41, 5.74) is 3.88. The van der Waals surface area contributed by atoms with Crippen LogP contribution in [0.4, 0.5) is 10.1 Å². The molecule has 1 aliphatic rings. The number of anilines is 1. The summed E-state index contributed by atoms with van der Waals surface area (Å²) in [6, 6.07) is 18.9. The highest BCUT2D eigenvalue weighted by Crippen LogP contribution is 2.33. The van der Waals surface area contributed by atoms with Crippen LogP contribution in [0.1, 0.15) is 23.1 Å². The number of aromatic nitrogens is 1. The number of fused-ring (bicyclic) bond motifs is 3. The first-order chi connectivity index (χ1) is 22.4. The minimum Gasteiger partial charge on any atom is -0.494 e. The molecule has 1 aromatic heterocycles. The quantitative estimate of drug-likeness (QED) is 0.140. The zero-order valence-electron chi connectivity index (χ0n) is 26.1. The Bertz CT molecular complexity index is 1970. The molecule has 46 heavy (non-hydrogen) atoms. The summed E-state index contributed by atoms with van der Waals surface area (Å²) in [6.07, 6.45) is 1.76. The van der Waals surface area contributed by atoms with Crippen molar-refractivity contribution in [3.63, 3.8) is 0 Å². The number of H-pyrrole nitrogens is 1. The molecule has 9 nitrogen and oxygen atoms in total. The highest BCUT2D eigenvalue weighted by Gasteiger charge is 2.20. The molecule has 0 aliphatic carbocycles. The maximum absolute atomic E-state index is 14.5. The van der Waals surface area contributed by atoms with Crippen molar-refractivity contribution < 1.29 is 28.1 Å². The number of ether oxygens (including phenoxy) is 4. The summed E-state index contributed by atoms with van der Waals surface area (Å²) in [6.45, 7) is 3.23. The van der Waals surface area contributed by atoms with Gasteiger partial charge in [0.05, 0.1) is 51.1 Å². The molecule has 6 rings (SSSR count). The molecule has 0 bridgehead atoms. The molecule has 1 aliphatic heterocycles. The van der Waals surface area contributed by atoms with Crippen LogP contribution >= 0.6 is 0 Å². The molecule has 0 radical (unpaired) electrons. The Kier molecular flexibility index (Phi) is 9.07. The Morgan fingerprint density at radius 2 is 1.61 bits per heavy atom. The van der Waals surface area contributed by atoms with Gasteiger partial charge in [0.2, 0.25) is 5.91 Å². The van der Waals surface area contributed by atoms with Crippen LogP contribution in [0.3, 0.4) is 0 Å². The zero-order valence-corrected chi connectivity index (χ0v) is 26.1. The molecule has 0 fully saturated rings. The van der Waals surface area contributed by atoms with E-state index in [1.54, 1.807) is 56.7 Å². The van der Waals surface area contributed by atoms with E-state index in [9.17, 15) is 14.0 Å². The average Bonchev–Trinajstić information content (AvgIpc) is 3.07. The van der Waals surface area contributed by atoms with E-state index in [4.69, 9.17) is 18.9 Å². The summed E-state index contributed by atoms with van der Waals surface area (Å²) in [5.74, 6) is 1.77. The molecular formula is C36H36FN3O6. The Labute approximate surface area is 265 Å². The van der Waals surface area contributed by atoms with Gasteiger partial charge in [0.25, 0.3) is 0 Å². The third-order valence-corrected chi connectivity index (χ3v) is 8.39. The summed E-state index contributed by atoms with van der Waals surface area (Å²) < 4.78 is 37.0. The van der Waals surface area contributed by atoms with E-state index >= 15 is 0 Å². The average molecular weight is 626 g/mol. The highest BCUT2D eigenvalue weighted by molar-refractivity contribution is 5.99. The SMILES string of the molecule is COc1cc(OCCCN2CCc3cc(OC)c(OC)cc3C2)ccc1NC(=O)Cc1cccc2c(=O)c3cccc(F)c3[nH]c12. The van der Waals surface area contributed by atoms with Crippen molar-refractivity contribution in [1.82, 2.24) is 9.88 Å². The molecule has 2 N–H and O–H groups in total. The number of nitrogens with one attached hydrogen (secondary N) is 2. The Morgan fingerprint density at radius 1 is 0.891 bits per heavy atom. The summed E-state index contributed by atoms with van der Waals surface area (Å²) in [7, 11) is 4.84. The minimum atomic E-state index is -0.525. The molecular weight excluding hydrogens is 589 g/mol. The van der Waals surface area contributed by atoms with Gasteiger partial charge in [-0.1, -0.05) is 18.2 Å². The van der Waals surface area contributed by atoms with Crippen LogP contribution in [-0.2, 0) is 24.2 Å². The number of methoxy groups -OCH3 is 3. The number of carbonyl (C=O) groups excluding carboxylic acids is 1. The van der Waals surface area contributed by atoms with E-state index in [-0.39, 0.29) is 28.7 Å². The van der Waals surface area contributed by atoms with E-state index in [1.165, 1.54) is 30.4 Å². The Morgan fingerprint density at radius 3 is 2.37 bits per heavy atom. The topological polar surface area (TPSA) is 102 Å². The Balaban J connectivity index is 1.06. The summed E-state index contributed by atoms with van der Waals surface area (Å²) in [5, 5.41) is 3.55. The molecule has 0 atom stereocenters. The summed E-state index contributed by atoms with van der Waals surface area (Å²) >= 11 is 0. The van der Waals surface area contributed by atoms with Crippen LogP contribution in [0.5, 0.6) is 23.0 Å². The van der Waals surface area contributed by atoms with Gasteiger partial charge in [-0.05, 0) is 72.0 Å². The van der Waals surface area contributed by atoms with Crippen LogP contribution in [0.2, 0.25) is 0 Å². The van der Waals surface area contributed by atoms with E-state index in [1.807, 2.05) is 0 Å². The standard InChI is InChI=1S/C36H36FN3O6/c1-43-30-20-25(46-16-6-14-40-15-13-22-17-31(44-2)32(45-3)18-24(22)21-40)11-12-29(30)38-33(41)19-23-7-4-8-26-34(23)39-35-27(36(26)42)9-5-10-28(35)37/h4-5,7-12,17-18,20H,6,13-16,19,21H2,1-3H3,(H,38,41)(H,39,42). The molecule has 0 saturated carbocycles. The van der Waals surface area contributed by atoms with E-state index in [0.29, 0.717) is 40.3 Å². The molecule has 0 saturated heterocycles. The number of hydrogen-bond donors (Lipinski definition) is 2. The third kappa shape index (κ3) is 6.34. The number of nitrogens with zero attached hydrogens (tertiary/aromatic N) is 1. The van der Waals surface area contributed by atoms with Crippen LogP contribution in [0, 0.1) is 5.82 Å². The smallest absolute Gasteiger partial charge is 0.228 e. The van der Waals surface area contributed by atoms with Gasteiger partial charge in [0, 0.05) is 36.5 Å². The van der Waals surface area contributed by atoms with Gasteiger partial charge in [-0.15, -0.1) is 0 Å². The lowest BCUT2D eigenvalue weighted by Gasteiger charge is -2.29. The largest absolute Gasteiger partial charge is 0.494 e. The molecule has 0 spiro atoms.